The summed E-state index contributed by atoms with van der Waals surface area (Å²) in [5.41, 5.74) is 5.45. The van der Waals surface area contributed by atoms with Gasteiger partial charge in [0.25, 0.3) is 11.8 Å². The van der Waals surface area contributed by atoms with E-state index in [1.165, 1.54) is 29.4 Å². The van der Waals surface area contributed by atoms with Crippen LogP contribution in [-0.4, -0.2) is 27.4 Å². The quantitative estimate of drug-likeness (QED) is 0.483. The summed E-state index contributed by atoms with van der Waals surface area (Å²) in [7, 11) is 0. The van der Waals surface area contributed by atoms with Crippen molar-refractivity contribution in [2.75, 3.05) is 0 Å². The molecule has 5 nitrogen and oxygen atoms in total. The SMILES string of the molecule is CC(C)N(NC(=O)c1ccccc1)C(=O)/C=C/c1cn(CC2CC2)c2ccccc12. The summed E-state index contributed by atoms with van der Waals surface area (Å²) in [6.07, 6.45) is 8.09. The molecule has 3 aromatic rings. The molecule has 0 bridgehead atoms. The highest BCUT2D eigenvalue weighted by atomic mass is 16.2. The average Bonchev–Trinajstić information content (AvgIpc) is 3.51. The van der Waals surface area contributed by atoms with Crippen molar-refractivity contribution in [3.8, 4) is 0 Å². The second-order valence-electron chi connectivity index (χ2n) is 8.14. The summed E-state index contributed by atoms with van der Waals surface area (Å²) in [6.45, 7) is 4.77. The molecule has 1 N–H and O–H groups in total. The minimum absolute atomic E-state index is 0.175. The number of nitrogens with one attached hydrogen (secondary N) is 1. The average molecular weight is 402 g/mol. The third-order valence-corrected chi connectivity index (χ3v) is 5.39. The summed E-state index contributed by atoms with van der Waals surface area (Å²) in [6, 6.07) is 17.0. The number of carbonyl (C=O) groups excluding carboxylic acids is 2. The van der Waals surface area contributed by atoms with E-state index in [0.29, 0.717) is 5.56 Å². The lowest BCUT2D eigenvalue weighted by Crippen LogP contribution is -2.49. The number of aromatic nitrogens is 1. The fourth-order valence-corrected chi connectivity index (χ4v) is 3.58. The topological polar surface area (TPSA) is 54.3 Å². The van der Waals surface area contributed by atoms with Gasteiger partial charge in [-0.25, -0.2) is 5.01 Å². The summed E-state index contributed by atoms with van der Waals surface area (Å²) >= 11 is 0. The lowest BCUT2D eigenvalue weighted by molar-refractivity contribution is -0.130. The van der Waals surface area contributed by atoms with Gasteiger partial charge in [0, 0.05) is 46.9 Å². The predicted molar refractivity (Wildman–Crippen MR) is 120 cm³/mol. The van der Waals surface area contributed by atoms with E-state index >= 15 is 0 Å². The number of para-hydroxylation sites is 1. The van der Waals surface area contributed by atoms with Crippen molar-refractivity contribution < 1.29 is 9.59 Å². The van der Waals surface area contributed by atoms with Crippen LogP contribution in [0.4, 0.5) is 0 Å². The zero-order valence-electron chi connectivity index (χ0n) is 17.4. The Hall–Kier alpha value is -3.34. The van der Waals surface area contributed by atoms with Crippen molar-refractivity contribution in [2.45, 2.75) is 39.3 Å². The van der Waals surface area contributed by atoms with Gasteiger partial charge in [0.1, 0.15) is 0 Å². The van der Waals surface area contributed by atoms with Crippen LogP contribution in [0.15, 0.2) is 66.9 Å². The molecule has 1 aliphatic rings. The number of benzene rings is 2. The highest BCUT2D eigenvalue weighted by Gasteiger charge is 2.23. The number of hydrogen-bond donors (Lipinski definition) is 1. The van der Waals surface area contributed by atoms with Gasteiger partial charge in [-0.05, 0) is 56.9 Å². The van der Waals surface area contributed by atoms with Gasteiger partial charge in [0.15, 0.2) is 0 Å². The molecule has 30 heavy (non-hydrogen) atoms. The van der Waals surface area contributed by atoms with Crippen LogP contribution in [0.3, 0.4) is 0 Å². The Morgan fingerprint density at radius 3 is 2.50 bits per heavy atom. The fourth-order valence-electron chi connectivity index (χ4n) is 3.58. The highest BCUT2D eigenvalue weighted by molar-refractivity contribution is 5.99. The number of rotatable bonds is 6. The van der Waals surface area contributed by atoms with Crippen molar-refractivity contribution in [1.29, 1.82) is 0 Å². The molecule has 2 amide bonds. The van der Waals surface area contributed by atoms with E-state index < -0.39 is 0 Å². The molecule has 154 valence electrons. The van der Waals surface area contributed by atoms with Crippen LogP contribution >= 0.6 is 0 Å². The molecule has 1 aliphatic carbocycles. The molecule has 1 fully saturated rings. The molecule has 0 aliphatic heterocycles. The van der Waals surface area contributed by atoms with Gasteiger partial charge in [-0.15, -0.1) is 0 Å². The van der Waals surface area contributed by atoms with E-state index in [2.05, 4.69) is 28.3 Å². The molecule has 0 radical (unpaired) electrons. The summed E-state index contributed by atoms with van der Waals surface area (Å²) in [5, 5.41) is 2.50. The number of carbonyl (C=O) groups is 2. The molecule has 0 saturated heterocycles. The van der Waals surface area contributed by atoms with Crippen molar-refractivity contribution in [3.63, 3.8) is 0 Å². The number of hydrazine groups is 1. The first-order valence-electron chi connectivity index (χ1n) is 10.5. The zero-order chi connectivity index (χ0) is 21.1. The van der Waals surface area contributed by atoms with Gasteiger partial charge in [-0.2, -0.15) is 0 Å². The predicted octanol–water partition coefficient (Wildman–Crippen LogP) is 4.65. The molecule has 0 unspecified atom stereocenters. The normalized spacial score (nSPS) is 13.8. The Morgan fingerprint density at radius 2 is 1.80 bits per heavy atom. The molecular weight excluding hydrogens is 374 g/mol. The largest absolute Gasteiger partial charge is 0.347 e. The van der Waals surface area contributed by atoms with Gasteiger partial charge in [-0.1, -0.05) is 36.4 Å². The monoisotopic (exact) mass is 401 g/mol. The Kier molecular flexibility index (Phi) is 5.70. The van der Waals surface area contributed by atoms with Gasteiger partial charge >= 0.3 is 0 Å². The first-order chi connectivity index (χ1) is 14.5. The molecule has 1 saturated carbocycles. The molecule has 2 aromatic carbocycles. The van der Waals surface area contributed by atoms with E-state index in [0.717, 1.165) is 23.4 Å². The third kappa shape index (κ3) is 4.46. The van der Waals surface area contributed by atoms with Gasteiger partial charge in [-0.3, -0.25) is 15.0 Å². The van der Waals surface area contributed by atoms with Crippen LogP contribution in [0.1, 0.15) is 42.6 Å². The van der Waals surface area contributed by atoms with E-state index in [4.69, 9.17) is 0 Å². The summed E-state index contributed by atoms with van der Waals surface area (Å²) in [4.78, 5) is 25.4. The van der Waals surface area contributed by atoms with Crippen molar-refractivity contribution in [1.82, 2.24) is 15.0 Å². The van der Waals surface area contributed by atoms with Crippen molar-refractivity contribution in [2.24, 2.45) is 5.92 Å². The van der Waals surface area contributed by atoms with Gasteiger partial charge < -0.3 is 4.57 Å². The van der Waals surface area contributed by atoms with E-state index in [9.17, 15) is 9.59 Å². The fraction of sp³-hybridized carbons (Fsp3) is 0.280. The van der Waals surface area contributed by atoms with Crippen LogP contribution in [-0.2, 0) is 11.3 Å². The standard InChI is InChI=1S/C25H27N3O2/c1-18(2)28(26-25(30)20-8-4-3-5-9-20)24(29)15-14-21-17-27(16-19-12-13-19)23-11-7-6-10-22(21)23/h3-11,14-15,17-19H,12-13,16H2,1-2H3,(H,26,30)/b15-14+. The lowest BCUT2D eigenvalue weighted by atomic mass is 10.1. The van der Waals surface area contributed by atoms with Crippen molar-refractivity contribution >= 4 is 28.8 Å². The smallest absolute Gasteiger partial charge is 0.269 e. The molecule has 0 atom stereocenters. The van der Waals surface area contributed by atoms with E-state index in [-0.39, 0.29) is 17.9 Å². The third-order valence-electron chi connectivity index (χ3n) is 5.39. The summed E-state index contributed by atoms with van der Waals surface area (Å²) in [5.74, 6) is 0.212. The Labute approximate surface area is 177 Å². The maximum absolute atomic E-state index is 12.9. The minimum atomic E-state index is -0.299. The maximum atomic E-state index is 12.9. The van der Waals surface area contributed by atoms with Gasteiger partial charge in [0.05, 0.1) is 0 Å². The number of amides is 2. The summed E-state index contributed by atoms with van der Waals surface area (Å²) < 4.78 is 2.29. The molecule has 1 aromatic heterocycles. The highest BCUT2D eigenvalue weighted by Crippen LogP contribution is 2.33. The first kappa shape index (κ1) is 20.0. The van der Waals surface area contributed by atoms with E-state index in [1.807, 2.05) is 38.1 Å². The second-order valence-corrected chi connectivity index (χ2v) is 8.14. The second kappa shape index (κ2) is 8.57. The minimum Gasteiger partial charge on any atom is -0.347 e. The number of nitrogens with zero attached hydrogens (tertiary/aromatic N) is 2. The molecule has 1 heterocycles. The number of fused-ring (bicyclic) bond motifs is 1. The first-order valence-corrected chi connectivity index (χ1v) is 10.5. The molecular formula is C25H27N3O2. The van der Waals surface area contributed by atoms with Crippen LogP contribution in [0.2, 0.25) is 0 Å². The maximum Gasteiger partial charge on any atom is 0.269 e. The molecule has 4 rings (SSSR count). The molecule has 5 heteroatoms. The lowest BCUT2D eigenvalue weighted by Gasteiger charge is -2.25. The molecule has 0 spiro atoms. The Balaban J connectivity index is 1.53. The number of hydrogen-bond acceptors (Lipinski definition) is 2. The van der Waals surface area contributed by atoms with E-state index in [1.54, 1.807) is 24.3 Å². The van der Waals surface area contributed by atoms with Crippen LogP contribution in [0.5, 0.6) is 0 Å². The van der Waals surface area contributed by atoms with Gasteiger partial charge in [0.2, 0.25) is 0 Å². The Bertz CT molecular complexity index is 1080. The van der Waals surface area contributed by atoms with Crippen LogP contribution in [0.25, 0.3) is 17.0 Å². The van der Waals surface area contributed by atoms with Crippen LogP contribution in [0, 0.1) is 5.92 Å². The van der Waals surface area contributed by atoms with Crippen LogP contribution < -0.4 is 5.43 Å². The van der Waals surface area contributed by atoms with Crippen molar-refractivity contribution in [3.05, 3.63) is 78.0 Å². The zero-order valence-corrected chi connectivity index (χ0v) is 17.4. The Morgan fingerprint density at radius 1 is 1.10 bits per heavy atom.